The topological polar surface area (TPSA) is 30.7 Å². The molecule has 0 unspecified atom stereocenters. The number of aromatic nitrogens is 3. The summed E-state index contributed by atoms with van der Waals surface area (Å²) in [5, 5.41) is 5.31. The zero-order valence-corrected chi connectivity index (χ0v) is 10.9. The van der Waals surface area contributed by atoms with Gasteiger partial charge in [-0.15, -0.1) is 5.10 Å². The number of thioether (sulfide) groups is 1. The highest BCUT2D eigenvalue weighted by Gasteiger charge is 2.02. The van der Waals surface area contributed by atoms with Crippen molar-refractivity contribution >= 4 is 11.8 Å². The SMILES string of the molecule is CCCCCSc1ncn(-c2ccccc2)n1. The van der Waals surface area contributed by atoms with Crippen LogP contribution in [0.3, 0.4) is 0 Å². The van der Waals surface area contributed by atoms with E-state index >= 15 is 0 Å². The molecule has 0 aliphatic rings. The van der Waals surface area contributed by atoms with Gasteiger partial charge in [0.15, 0.2) is 0 Å². The fourth-order valence-corrected chi connectivity index (χ4v) is 2.33. The predicted octanol–water partition coefficient (Wildman–Crippen LogP) is 3.55. The molecule has 90 valence electrons. The minimum atomic E-state index is 0.866. The molecule has 0 aliphatic heterocycles. The van der Waals surface area contributed by atoms with Crippen molar-refractivity contribution in [1.29, 1.82) is 0 Å². The van der Waals surface area contributed by atoms with Crippen LogP contribution in [-0.2, 0) is 0 Å². The fourth-order valence-electron chi connectivity index (χ4n) is 1.53. The van der Waals surface area contributed by atoms with Gasteiger partial charge in [-0.05, 0) is 18.6 Å². The molecule has 0 saturated carbocycles. The number of nitrogens with zero attached hydrogens (tertiary/aromatic N) is 3. The summed E-state index contributed by atoms with van der Waals surface area (Å²) in [4.78, 5) is 4.31. The third-order valence-corrected chi connectivity index (χ3v) is 3.41. The maximum atomic E-state index is 4.45. The van der Waals surface area contributed by atoms with Crippen LogP contribution in [0.1, 0.15) is 26.2 Å². The van der Waals surface area contributed by atoms with E-state index in [1.807, 2.05) is 35.0 Å². The molecule has 0 radical (unpaired) electrons. The maximum absolute atomic E-state index is 4.45. The highest BCUT2D eigenvalue weighted by Crippen LogP contribution is 2.16. The number of rotatable bonds is 6. The van der Waals surface area contributed by atoms with E-state index in [1.54, 1.807) is 18.1 Å². The molecule has 0 aliphatic carbocycles. The third-order valence-electron chi connectivity index (χ3n) is 2.47. The summed E-state index contributed by atoms with van der Waals surface area (Å²) in [6.45, 7) is 2.22. The van der Waals surface area contributed by atoms with Crippen LogP contribution >= 0.6 is 11.8 Å². The van der Waals surface area contributed by atoms with E-state index in [2.05, 4.69) is 17.0 Å². The maximum Gasteiger partial charge on any atom is 0.208 e. The second-order valence-corrected chi connectivity index (χ2v) is 4.92. The van der Waals surface area contributed by atoms with Crippen molar-refractivity contribution < 1.29 is 0 Å². The van der Waals surface area contributed by atoms with E-state index in [9.17, 15) is 0 Å². The first-order chi connectivity index (χ1) is 8.40. The number of unbranched alkanes of at least 4 members (excludes halogenated alkanes) is 2. The van der Waals surface area contributed by atoms with Gasteiger partial charge in [0.05, 0.1) is 5.69 Å². The Morgan fingerprint density at radius 2 is 2.00 bits per heavy atom. The lowest BCUT2D eigenvalue weighted by Gasteiger charge is -1.98. The highest BCUT2D eigenvalue weighted by atomic mass is 32.2. The Labute approximate surface area is 106 Å². The number of para-hydroxylation sites is 1. The van der Waals surface area contributed by atoms with Gasteiger partial charge >= 0.3 is 0 Å². The van der Waals surface area contributed by atoms with Gasteiger partial charge in [-0.25, -0.2) is 9.67 Å². The van der Waals surface area contributed by atoms with Crippen LogP contribution in [0.15, 0.2) is 41.8 Å². The van der Waals surface area contributed by atoms with Crippen molar-refractivity contribution in [2.75, 3.05) is 5.75 Å². The molecule has 17 heavy (non-hydrogen) atoms. The van der Waals surface area contributed by atoms with E-state index in [0.29, 0.717) is 0 Å². The average Bonchev–Trinajstić information content (AvgIpc) is 2.85. The molecule has 1 aromatic carbocycles. The lowest BCUT2D eigenvalue weighted by molar-refractivity contribution is 0.776. The molecule has 2 aromatic rings. The van der Waals surface area contributed by atoms with Gasteiger partial charge in [-0.2, -0.15) is 0 Å². The van der Waals surface area contributed by atoms with Gasteiger partial charge in [0, 0.05) is 5.75 Å². The molecule has 0 atom stereocenters. The number of hydrogen-bond donors (Lipinski definition) is 0. The summed E-state index contributed by atoms with van der Waals surface area (Å²) in [6, 6.07) is 10.1. The molecule has 0 fully saturated rings. The molecule has 0 bridgehead atoms. The first-order valence-corrected chi connectivity index (χ1v) is 6.98. The van der Waals surface area contributed by atoms with Crippen LogP contribution < -0.4 is 0 Å². The van der Waals surface area contributed by atoms with Gasteiger partial charge in [0.25, 0.3) is 0 Å². The lowest BCUT2D eigenvalue weighted by atomic mass is 10.3. The summed E-state index contributed by atoms with van der Waals surface area (Å²) in [5.74, 6) is 1.10. The van der Waals surface area contributed by atoms with Gasteiger partial charge in [-0.3, -0.25) is 0 Å². The molecule has 4 heteroatoms. The van der Waals surface area contributed by atoms with Crippen molar-refractivity contribution in [1.82, 2.24) is 14.8 Å². The molecule has 2 rings (SSSR count). The van der Waals surface area contributed by atoms with E-state index in [4.69, 9.17) is 0 Å². The Morgan fingerprint density at radius 1 is 1.18 bits per heavy atom. The number of hydrogen-bond acceptors (Lipinski definition) is 3. The van der Waals surface area contributed by atoms with E-state index in [0.717, 1.165) is 16.6 Å². The second-order valence-electron chi connectivity index (χ2n) is 3.86. The average molecular weight is 247 g/mol. The monoisotopic (exact) mass is 247 g/mol. The van der Waals surface area contributed by atoms with Crippen molar-refractivity contribution in [3.8, 4) is 5.69 Å². The Morgan fingerprint density at radius 3 is 2.76 bits per heavy atom. The van der Waals surface area contributed by atoms with Crippen LogP contribution in [0.4, 0.5) is 0 Å². The van der Waals surface area contributed by atoms with E-state index in [-0.39, 0.29) is 0 Å². The van der Waals surface area contributed by atoms with Crippen LogP contribution in [0.25, 0.3) is 5.69 Å². The van der Waals surface area contributed by atoms with Crippen LogP contribution in [0.5, 0.6) is 0 Å². The van der Waals surface area contributed by atoms with E-state index < -0.39 is 0 Å². The minimum Gasteiger partial charge on any atom is -0.220 e. The molecule has 3 nitrogen and oxygen atoms in total. The predicted molar refractivity (Wildman–Crippen MR) is 71.6 cm³/mol. The standard InChI is InChI=1S/C13H17N3S/c1-2-3-7-10-17-13-14-11-16(15-13)12-8-5-4-6-9-12/h4-6,8-9,11H,2-3,7,10H2,1H3. The summed E-state index contributed by atoms with van der Waals surface area (Å²) < 4.78 is 1.82. The Kier molecular flexibility index (Phi) is 4.62. The Balaban J connectivity index is 1.92. The molecule has 0 N–H and O–H groups in total. The van der Waals surface area contributed by atoms with Gasteiger partial charge < -0.3 is 0 Å². The normalized spacial score (nSPS) is 10.6. The van der Waals surface area contributed by atoms with Gasteiger partial charge in [0.1, 0.15) is 6.33 Å². The first kappa shape index (κ1) is 12.2. The molecule has 0 spiro atoms. The zero-order chi connectivity index (χ0) is 11.9. The zero-order valence-electron chi connectivity index (χ0n) is 10.0. The van der Waals surface area contributed by atoms with Crippen LogP contribution in [-0.4, -0.2) is 20.5 Å². The smallest absolute Gasteiger partial charge is 0.208 e. The van der Waals surface area contributed by atoms with E-state index in [1.165, 1.54) is 19.3 Å². The Hall–Kier alpha value is -1.29. The summed E-state index contributed by atoms with van der Waals surface area (Å²) >= 11 is 1.73. The number of benzene rings is 1. The third kappa shape index (κ3) is 3.60. The van der Waals surface area contributed by atoms with Crippen molar-refractivity contribution in [2.24, 2.45) is 0 Å². The molecule has 0 saturated heterocycles. The molecular weight excluding hydrogens is 230 g/mol. The van der Waals surface area contributed by atoms with Gasteiger partial charge in [-0.1, -0.05) is 49.7 Å². The second kappa shape index (κ2) is 6.45. The molecule has 1 heterocycles. The quantitative estimate of drug-likeness (QED) is 0.577. The van der Waals surface area contributed by atoms with Crippen molar-refractivity contribution in [2.45, 2.75) is 31.3 Å². The lowest BCUT2D eigenvalue weighted by Crippen LogP contribution is -1.93. The van der Waals surface area contributed by atoms with Crippen LogP contribution in [0, 0.1) is 0 Å². The highest BCUT2D eigenvalue weighted by molar-refractivity contribution is 7.99. The minimum absolute atomic E-state index is 0.866. The fraction of sp³-hybridized carbons (Fsp3) is 0.385. The van der Waals surface area contributed by atoms with Crippen molar-refractivity contribution in [3.63, 3.8) is 0 Å². The molecular formula is C13H17N3S. The van der Waals surface area contributed by atoms with Crippen LogP contribution in [0.2, 0.25) is 0 Å². The first-order valence-electron chi connectivity index (χ1n) is 6.00. The Bertz CT molecular complexity index is 439. The summed E-state index contributed by atoms with van der Waals surface area (Å²) in [6.07, 6.45) is 5.55. The largest absolute Gasteiger partial charge is 0.220 e. The summed E-state index contributed by atoms with van der Waals surface area (Å²) in [5.41, 5.74) is 1.06. The van der Waals surface area contributed by atoms with Crippen molar-refractivity contribution in [3.05, 3.63) is 36.7 Å². The molecule has 1 aromatic heterocycles. The summed E-state index contributed by atoms with van der Waals surface area (Å²) in [7, 11) is 0. The molecule has 0 amide bonds. The van der Waals surface area contributed by atoms with Gasteiger partial charge in [0.2, 0.25) is 5.16 Å².